The summed E-state index contributed by atoms with van der Waals surface area (Å²) in [6, 6.07) is 4.80. The molecule has 0 amide bonds. The number of rotatable bonds is 1. The van der Waals surface area contributed by atoms with Crippen LogP contribution in [0.2, 0.25) is 5.02 Å². The number of pyridine rings is 1. The van der Waals surface area contributed by atoms with Crippen LogP contribution >= 0.6 is 27.5 Å². The second kappa shape index (κ2) is 4.26. The molecule has 0 unspecified atom stereocenters. The van der Waals surface area contributed by atoms with Crippen LogP contribution in [0.15, 0.2) is 22.7 Å². The van der Waals surface area contributed by atoms with E-state index >= 15 is 0 Å². The van der Waals surface area contributed by atoms with Gasteiger partial charge >= 0.3 is 0 Å². The predicted molar refractivity (Wildman–Crippen MR) is 64.1 cm³/mol. The molecule has 0 spiro atoms. The number of aromatic nitrogens is 1. The van der Waals surface area contributed by atoms with Crippen molar-refractivity contribution in [1.29, 1.82) is 0 Å². The fraction of sp³-hybridized carbons (Fsp3) is 0.182. The Bertz CT molecular complexity index is 557. The van der Waals surface area contributed by atoms with Gasteiger partial charge in [-0.2, -0.15) is 0 Å². The minimum atomic E-state index is -2.61. The lowest BCUT2D eigenvalue weighted by atomic mass is 10.1. The molecule has 0 aliphatic heterocycles. The Labute approximate surface area is 105 Å². The van der Waals surface area contributed by atoms with Gasteiger partial charge in [-0.3, -0.25) is 0 Å². The highest BCUT2D eigenvalue weighted by Gasteiger charge is 2.14. The third kappa shape index (κ3) is 1.92. The molecule has 0 N–H and O–H groups in total. The number of hydrogen-bond acceptors (Lipinski definition) is 1. The Balaban J connectivity index is 2.83. The number of halogens is 4. The SMILES string of the molecule is Cc1c(Br)ccc2c(Cl)cc(C(F)F)nc12. The van der Waals surface area contributed by atoms with Gasteiger partial charge in [-0.25, -0.2) is 13.8 Å². The van der Waals surface area contributed by atoms with Crippen molar-refractivity contribution in [2.24, 2.45) is 0 Å². The molecule has 84 valence electrons. The second-order valence-corrected chi connectivity index (χ2v) is 4.66. The Kier molecular flexibility index (Phi) is 3.13. The topological polar surface area (TPSA) is 12.9 Å². The lowest BCUT2D eigenvalue weighted by Crippen LogP contribution is -1.93. The zero-order valence-electron chi connectivity index (χ0n) is 8.27. The highest BCUT2D eigenvalue weighted by atomic mass is 79.9. The van der Waals surface area contributed by atoms with E-state index in [1.165, 1.54) is 6.07 Å². The van der Waals surface area contributed by atoms with Gasteiger partial charge in [0.05, 0.1) is 10.5 Å². The van der Waals surface area contributed by atoms with Gasteiger partial charge in [0.15, 0.2) is 0 Å². The average molecular weight is 307 g/mol. The van der Waals surface area contributed by atoms with Crippen LogP contribution in [0.25, 0.3) is 10.9 Å². The van der Waals surface area contributed by atoms with Gasteiger partial charge in [-0.15, -0.1) is 0 Å². The molecular weight excluding hydrogens is 299 g/mol. The first-order valence-corrected chi connectivity index (χ1v) is 5.71. The van der Waals surface area contributed by atoms with E-state index in [2.05, 4.69) is 20.9 Å². The van der Waals surface area contributed by atoms with Gasteiger partial charge in [-0.05, 0) is 24.6 Å². The summed E-state index contributed by atoms with van der Waals surface area (Å²) >= 11 is 9.27. The monoisotopic (exact) mass is 305 g/mol. The van der Waals surface area contributed by atoms with E-state index in [-0.39, 0.29) is 5.69 Å². The average Bonchev–Trinajstić information content (AvgIpc) is 2.23. The maximum atomic E-state index is 12.6. The number of benzene rings is 1. The molecule has 1 aromatic heterocycles. The van der Waals surface area contributed by atoms with Crippen molar-refractivity contribution in [2.75, 3.05) is 0 Å². The summed E-state index contributed by atoms with van der Waals surface area (Å²) in [5.74, 6) is 0. The van der Waals surface area contributed by atoms with Crippen LogP contribution in [0, 0.1) is 6.92 Å². The van der Waals surface area contributed by atoms with Crippen molar-refractivity contribution in [1.82, 2.24) is 4.98 Å². The van der Waals surface area contributed by atoms with E-state index in [1.807, 2.05) is 13.0 Å². The molecule has 0 saturated carbocycles. The summed E-state index contributed by atoms with van der Waals surface area (Å²) in [5, 5.41) is 0.989. The highest BCUT2D eigenvalue weighted by molar-refractivity contribution is 9.10. The number of nitrogens with zero attached hydrogens (tertiary/aromatic N) is 1. The first-order valence-electron chi connectivity index (χ1n) is 4.54. The molecule has 2 rings (SSSR count). The van der Waals surface area contributed by atoms with Gasteiger partial charge in [-0.1, -0.05) is 33.6 Å². The molecule has 0 fully saturated rings. The number of alkyl halides is 2. The molecule has 5 heteroatoms. The third-order valence-corrected chi connectivity index (χ3v) is 3.53. The van der Waals surface area contributed by atoms with E-state index in [9.17, 15) is 8.78 Å². The van der Waals surface area contributed by atoms with E-state index in [1.54, 1.807) is 6.07 Å². The van der Waals surface area contributed by atoms with Crippen LogP contribution < -0.4 is 0 Å². The summed E-state index contributed by atoms with van der Waals surface area (Å²) in [5.41, 5.74) is 1.03. The molecule has 1 aromatic carbocycles. The molecule has 0 radical (unpaired) electrons. The van der Waals surface area contributed by atoms with Crippen LogP contribution in [-0.4, -0.2) is 4.98 Å². The summed E-state index contributed by atoms with van der Waals surface area (Å²) in [7, 11) is 0. The van der Waals surface area contributed by atoms with Gasteiger partial charge in [0.25, 0.3) is 6.43 Å². The Morgan fingerprint density at radius 2 is 2.06 bits per heavy atom. The molecular formula is C11H7BrClF2N. The van der Waals surface area contributed by atoms with Crippen molar-refractivity contribution in [3.05, 3.63) is 39.0 Å². The fourth-order valence-electron chi connectivity index (χ4n) is 1.49. The molecule has 0 atom stereocenters. The van der Waals surface area contributed by atoms with Crippen LogP contribution in [0.5, 0.6) is 0 Å². The first-order chi connectivity index (χ1) is 7.50. The molecule has 16 heavy (non-hydrogen) atoms. The van der Waals surface area contributed by atoms with Crippen molar-refractivity contribution in [2.45, 2.75) is 13.3 Å². The lowest BCUT2D eigenvalue weighted by Gasteiger charge is -2.08. The minimum absolute atomic E-state index is 0.293. The summed E-state index contributed by atoms with van der Waals surface area (Å²) in [6.07, 6.45) is -2.61. The maximum Gasteiger partial charge on any atom is 0.280 e. The van der Waals surface area contributed by atoms with Crippen molar-refractivity contribution >= 4 is 38.4 Å². The Morgan fingerprint density at radius 1 is 1.38 bits per heavy atom. The van der Waals surface area contributed by atoms with Crippen LogP contribution in [-0.2, 0) is 0 Å². The largest absolute Gasteiger partial charge is 0.280 e. The van der Waals surface area contributed by atoms with Crippen LogP contribution in [0.4, 0.5) is 8.78 Å². The first kappa shape index (κ1) is 11.7. The molecule has 1 heterocycles. The van der Waals surface area contributed by atoms with Crippen molar-refractivity contribution < 1.29 is 8.78 Å². The van der Waals surface area contributed by atoms with E-state index in [0.717, 1.165) is 10.0 Å². The van der Waals surface area contributed by atoms with E-state index < -0.39 is 6.43 Å². The molecule has 0 aliphatic carbocycles. The Morgan fingerprint density at radius 3 is 2.69 bits per heavy atom. The second-order valence-electron chi connectivity index (χ2n) is 3.40. The highest BCUT2D eigenvalue weighted by Crippen LogP contribution is 2.31. The minimum Gasteiger partial charge on any atom is -0.246 e. The molecule has 1 nitrogen and oxygen atoms in total. The molecule has 2 aromatic rings. The summed E-state index contributed by atoms with van der Waals surface area (Å²) < 4.78 is 26.0. The van der Waals surface area contributed by atoms with Crippen molar-refractivity contribution in [3.8, 4) is 0 Å². The number of hydrogen-bond donors (Lipinski definition) is 0. The van der Waals surface area contributed by atoms with Crippen LogP contribution in [0.1, 0.15) is 17.7 Å². The van der Waals surface area contributed by atoms with Crippen molar-refractivity contribution in [3.63, 3.8) is 0 Å². The third-order valence-electron chi connectivity index (χ3n) is 2.36. The summed E-state index contributed by atoms with van der Waals surface area (Å²) in [4.78, 5) is 3.93. The summed E-state index contributed by atoms with van der Waals surface area (Å²) in [6.45, 7) is 1.81. The number of fused-ring (bicyclic) bond motifs is 1. The van der Waals surface area contributed by atoms with Gasteiger partial charge < -0.3 is 0 Å². The lowest BCUT2D eigenvalue weighted by molar-refractivity contribution is 0.146. The predicted octanol–water partition coefficient (Wildman–Crippen LogP) is 4.90. The smallest absolute Gasteiger partial charge is 0.246 e. The standard InChI is InChI=1S/C11H7BrClF2N/c1-5-7(12)3-2-6-8(13)4-9(11(14)15)16-10(5)6/h2-4,11H,1H3. The van der Waals surface area contributed by atoms with Gasteiger partial charge in [0.1, 0.15) is 5.69 Å². The zero-order chi connectivity index (χ0) is 11.9. The molecule has 0 bridgehead atoms. The Hall–Kier alpha value is -0.740. The maximum absolute atomic E-state index is 12.6. The number of aryl methyl sites for hydroxylation is 1. The molecule has 0 saturated heterocycles. The van der Waals surface area contributed by atoms with Gasteiger partial charge in [0.2, 0.25) is 0 Å². The zero-order valence-corrected chi connectivity index (χ0v) is 10.6. The van der Waals surface area contributed by atoms with E-state index in [0.29, 0.717) is 15.9 Å². The molecule has 0 aliphatic rings. The normalized spacial score (nSPS) is 11.4. The quantitative estimate of drug-likeness (QED) is 0.730. The van der Waals surface area contributed by atoms with E-state index in [4.69, 9.17) is 11.6 Å². The van der Waals surface area contributed by atoms with Gasteiger partial charge in [0, 0.05) is 9.86 Å². The van der Waals surface area contributed by atoms with Crippen LogP contribution in [0.3, 0.4) is 0 Å². The fourth-order valence-corrected chi connectivity index (χ4v) is 2.08.